The zero-order chi connectivity index (χ0) is 25.1. The number of ether oxygens (including phenoxy) is 3. The average molecular weight is 490 g/mol. The molecule has 178 valence electrons. The lowest BCUT2D eigenvalue weighted by Gasteiger charge is -2.47. The predicted octanol–water partition coefficient (Wildman–Crippen LogP) is -0.981. The molecular weight excluding hydrogens is 463 g/mol. The molecule has 1 fully saturated rings. The van der Waals surface area contributed by atoms with Crippen LogP contribution in [0.15, 0.2) is 29.1 Å². The Labute approximate surface area is 212 Å². The fraction of sp³-hybridized carbons (Fsp3) is 0.409. The summed E-state index contributed by atoms with van der Waals surface area (Å²) in [5, 5.41) is 3.80. The van der Waals surface area contributed by atoms with E-state index in [0.717, 1.165) is 48.8 Å². The number of fused-ring (bicyclic) bond motifs is 2. The lowest BCUT2D eigenvalue weighted by Crippen LogP contribution is -2.65. The number of aryl methyl sites for hydroxylation is 2. The van der Waals surface area contributed by atoms with Crippen LogP contribution in [0.3, 0.4) is 0 Å². The van der Waals surface area contributed by atoms with Crippen molar-refractivity contribution in [3.8, 4) is 17.2 Å². The third-order valence-corrected chi connectivity index (χ3v) is 7.66. The number of nitrogens with zero attached hydrogens (tertiary/aromatic N) is 4. The summed E-state index contributed by atoms with van der Waals surface area (Å²) in [4.78, 5) is 19.2. The molecule has 1 saturated heterocycles. The molecule has 0 saturated carbocycles. The van der Waals surface area contributed by atoms with Gasteiger partial charge in [-0.3, -0.25) is 4.79 Å². The van der Waals surface area contributed by atoms with Crippen molar-refractivity contribution in [1.29, 1.82) is 0 Å². The van der Waals surface area contributed by atoms with Crippen molar-refractivity contribution < 1.29 is 14.2 Å². The molecule has 1 aromatic carbocycles. The van der Waals surface area contributed by atoms with Gasteiger partial charge in [0.15, 0.2) is 23.0 Å². The van der Waals surface area contributed by atoms with E-state index in [1.54, 1.807) is 6.92 Å². The first-order valence-corrected chi connectivity index (χ1v) is 12.3. The maximum Gasteiger partial charge on any atom is 0.293 e. The summed E-state index contributed by atoms with van der Waals surface area (Å²) in [6.45, 7) is 5.23. The van der Waals surface area contributed by atoms with Crippen LogP contribution >= 0.6 is 11.6 Å². The second-order valence-corrected chi connectivity index (χ2v) is 10.8. The zero-order valence-electron chi connectivity index (χ0n) is 21.0. The minimum absolute atomic E-state index is 0.0699. The van der Waals surface area contributed by atoms with Crippen molar-refractivity contribution in [1.82, 2.24) is 14.6 Å². The van der Waals surface area contributed by atoms with E-state index in [9.17, 15) is 4.79 Å². The number of hydrogen-bond donors (Lipinski definition) is 0. The zero-order valence-corrected chi connectivity index (χ0v) is 21.8. The summed E-state index contributed by atoms with van der Waals surface area (Å²) in [5.41, 5.74) is 1.63. The van der Waals surface area contributed by atoms with E-state index in [2.05, 4.69) is 15.0 Å². The smallest absolute Gasteiger partial charge is 0.293 e. The van der Waals surface area contributed by atoms with E-state index in [0.29, 0.717) is 17.1 Å². The number of rotatable bonds is 3. The Hall–Kier alpha value is -2.74. The van der Waals surface area contributed by atoms with Gasteiger partial charge < -0.3 is 19.1 Å². The van der Waals surface area contributed by atoms with Crippen molar-refractivity contribution in [3.63, 3.8) is 0 Å². The maximum absolute atomic E-state index is 12.6. The van der Waals surface area contributed by atoms with Crippen LogP contribution in [-0.4, -0.2) is 76.0 Å². The molecule has 2 aliphatic heterocycles. The van der Waals surface area contributed by atoms with Gasteiger partial charge in [-0.25, -0.2) is 4.98 Å². The predicted molar refractivity (Wildman–Crippen MR) is 147 cm³/mol. The van der Waals surface area contributed by atoms with Crippen LogP contribution in [0.1, 0.15) is 24.1 Å². The Morgan fingerprint density at radius 3 is 2.40 bits per heavy atom. The fourth-order valence-corrected chi connectivity index (χ4v) is 4.58. The van der Waals surface area contributed by atoms with Gasteiger partial charge in [0.1, 0.15) is 48.3 Å². The Bertz CT molecular complexity index is 1380. The van der Waals surface area contributed by atoms with Crippen LogP contribution in [0.4, 0.5) is 5.82 Å². The minimum atomic E-state index is -0.463. The first-order chi connectivity index (χ1) is 16.4. The third-order valence-electron chi connectivity index (χ3n) is 7.23. The molecular formula is C22H27B4ClN4O4. The van der Waals surface area contributed by atoms with Gasteiger partial charge in [0.25, 0.3) is 5.56 Å². The van der Waals surface area contributed by atoms with Crippen LogP contribution in [0, 0.1) is 13.8 Å². The number of halogens is 1. The molecule has 2 aliphatic rings. The van der Waals surface area contributed by atoms with Crippen LogP contribution in [0.25, 0.3) is 5.65 Å². The largest absolute Gasteiger partial charge is 0.499 e. The van der Waals surface area contributed by atoms with Gasteiger partial charge in [0, 0.05) is 32.0 Å². The Morgan fingerprint density at radius 2 is 1.71 bits per heavy atom. The number of benzene rings is 1. The highest BCUT2D eigenvalue weighted by Gasteiger charge is 2.44. The van der Waals surface area contributed by atoms with Gasteiger partial charge >= 0.3 is 0 Å². The SMILES string of the molecule is BC1(B)Oc2ccc(OC3CCN(c4nn5c(=O)c(Cl)c(C)nc5cc4C)CC3)cc2OC1(B)B. The van der Waals surface area contributed by atoms with E-state index in [1.807, 2.05) is 62.6 Å². The molecule has 0 radical (unpaired) electrons. The van der Waals surface area contributed by atoms with Crippen molar-refractivity contribution in [2.75, 3.05) is 18.0 Å². The molecule has 0 bridgehead atoms. The van der Waals surface area contributed by atoms with E-state index < -0.39 is 10.8 Å². The number of aromatic nitrogens is 3. The molecule has 3 aromatic rings. The fourth-order valence-electron chi connectivity index (χ4n) is 4.45. The van der Waals surface area contributed by atoms with Crippen molar-refractivity contribution in [2.45, 2.75) is 43.6 Å². The maximum atomic E-state index is 12.6. The van der Waals surface area contributed by atoms with Gasteiger partial charge in [-0.2, -0.15) is 4.52 Å². The lowest BCUT2D eigenvalue weighted by molar-refractivity contribution is 0.0609. The Balaban J connectivity index is 1.29. The molecule has 0 amide bonds. The minimum Gasteiger partial charge on any atom is -0.499 e. The first kappa shape index (κ1) is 24.0. The molecule has 5 rings (SSSR count). The molecule has 35 heavy (non-hydrogen) atoms. The quantitative estimate of drug-likeness (QED) is 0.437. The highest BCUT2D eigenvalue weighted by atomic mass is 35.5. The van der Waals surface area contributed by atoms with Crippen LogP contribution in [0.5, 0.6) is 17.2 Å². The monoisotopic (exact) mass is 490 g/mol. The normalized spacial score (nSPS) is 19.0. The summed E-state index contributed by atoms with van der Waals surface area (Å²) in [5.74, 6) is 2.97. The number of piperidine rings is 1. The second-order valence-electron chi connectivity index (χ2n) is 10.4. The standard InChI is InChI=1S/C22H27B4ClN4O4/c1-11-9-17-28-12(2)18(27)20(32)31(17)29-19(11)30-7-5-13(6-8-30)33-14-3-4-15-16(10-14)35-22(25,26)21(23,24)34-15/h3-4,9-10,13H,5-8,23-26H2,1-2H3. The van der Waals surface area contributed by atoms with E-state index >= 15 is 0 Å². The summed E-state index contributed by atoms with van der Waals surface area (Å²) in [6, 6.07) is 7.65. The summed E-state index contributed by atoms with van der Waals surface area (Å²) >= 11 is 6.12. The highest BCUT2D eigenvalue weighted by Crippen LogP contribution is 2.41. The van der Waals surface area contributed by atoms with E-state index in [4.69, 9.17) is 25.8 Å². The van der Waals surface area contributed by atoms with Gasteiger partial charge in [-0.1, -0.05) is 11.6 Å². The Morgan fingerprint density at radius 1 is 1.06 bits per heavy atom. The van der Waals surface area contributed by atoms with Gasteiger partial charge in [0.2, 0.25) is 0 Å². The summed E-state index contributed by atoms with van der Waals surface area (Å²) in [6.07, 6.45) is 1.72. The molecule has 13 heteroatoms. The van der Waals surface area contributed by atoms with Crippen LogP contribution < -0.4 is 24.7 Å². The van der Waals surface area contributed by atoms with Crippen molar-refractivity contribution in [2.24, 2.45) is 0 Å². The van der Waals surface area contributed by atoms with Gasteiger partial charge in [0.05, 0.1) is 16.5 Å². The molecule has 0 spiro atoms. The molecule has 0 N–H and O–H groups in total. The number of hydrogen-bond acceptors (Lipinski definition) is 7. The molecule has 0 aliphatic carbocycles. The third kappa shape index (κ3) is 4.26. The first-order valence-electron chi connectivity index (χ1n) is 12.0. The van der Waals surface area contributed by atoms with Crippen LogP contribution in [0.2, 0.25) is 5.02 Å². The number of anilines is 1. The lowest BCUT2D eigenvalue weighted by atomic mass is 9.41. The molecule has 0 unspecified atom stereocenters. The van der Waals surface area contributed by atoms with E-state index in [1.165, 1.54) is 4.52 Å². The summed E-state index contributed by atoms with van der Waals surface area (Å²) < 4.78 is 20.0. The van der Waals surface area contributed by atoms with Crippen molar-refractivity contribution in [3.05, 3.63) is 50.9 Å². The average Bonchev–Trinajstić information content (AvgIpc) is 2.79. The van der Waals surface area contributed by atoms with Gasteiger partial charge in [-0.15, -0.1) is 5.10 Å². The molecule has 0 atom stereocenters. The topological polar surface area (TPSA) is 78.2 Å². The molecule has 8 nitrogen and oxygen atoms in total. The summed E-state index contributed by atoms with van der Waals surface area (Å²) in [7, 11) is 8.12. The van der Waals surface area contributed by atoms with Gasteiger partial charge in [-0.05, 0) is 37.6 Å². The van der Waals surface area contributed by atoms with Crippen molar-refractivity contribution >= 4 is 54.5 Å². The van der Waals surface area contributed by atoms with E-state index in [-0.39, 0.29) is 16.7 Å². The molecule has 4 heterocycles. The van der Waals surface area contributed by atoms with Crippen LogP contribution in [-0.2, 0) is 0 Å². The molecule has 2 aromatic heterocycles. The second kappa shape index (κ2) is 8.43. The Kier molecular flexibility index (Phi) is 5.78. The highest BCUT2D eigenvalue weighted by molar-refractivity contribution is 6.53.